The number of nitrogen functional groups attached to an aromatic ring is 1. The van der Waals surface area contributed by atoms with Gasteiger partial charge in [0, 0.05) is 12.2 Å². The molecule has 0 aliphatic rings. The SMILES string of the molecule is Cc1[nH]ncc1CCCNS(=O)(=O)c1cnc(N)nc1. The molecule has 20 heavy (non-hydrogen) atoms. The number of H-pyrrole nitrogens is 1. The molecule has 108 valence electrons. The predicted molar refractivity (Wildman–Crippen MR) is 73.3 cm³/mol. The van der Waals surface area contributed by atoms with Gasteiger partial charge in [-0.3, -0.25) is 5.10 Å². The van der Waals surface area contributed by atoms with E-state index in [1.165, 1.54) is 12.4 Å². The summed E-state index contributed by atoms with van der Waals surface area (Å²) in [7, 11) is -3.58. The number of anilines is 1. The fourth-order valence-electron chi connectivity index (χ4n) is 1.66. The van der Waals surface area contributed by atoms with Gasteiger partial charge in [-0.15, -0.1) is 0 Å². The molecular formula is C11H16N6O2S. The summed E-state index contributed by atoms with van der Waals surface area (Å²) in [5, 5.41) is 6.75. The van der Waals surface area contributed by atoms with Crippen molar-refractivity contribution < 1.29 is 8.42 Å². The first-order valence-electron chi connectivity index (χ1n) is 6.05. The first-order chi connectivity index (χ1) is 9.49. The fourth-order valence-corrected chi connectivity index (χ4v) is 2.62. The van der Waals surface area contributed by atoms with Crippen LogP contribution in [-0.4, -0.2) is 35.1 Å². The second-order valence-corrected chi connectivity index (χ2v) is 6.07. The lowest BCUT2D eigenvalue weighted by atomic mass is 10.1. The lowest BCUT2D eigenvalue weighted by Gasteiger charge is -2.06. The molecule has 0 radical (unpaired) electrons. The highest BCUT2D eigenvalue weighted by molar-refractivity contribution is 7.89. The van der Waals surface area contributed by atoms with Crippen LogP contribution in [-0.2, 0) is 16.4 Å². The third kappa shape index (κ3) is 3.52. The number of nitrogens with two attached hydrogens (primary N) is 1. The zero-order valence-corrected chi connectivity index (χ0v) is 11.8. The number of rotatable bonds is 6. The molecule has 8 nitrogen and oxygen atoms in total. The van der Waals surface area contributed by atoms with Gasteiger partial charge in [-0.1, -0.05) is 0 Å². The maximum atomic E-state index is 11.9. The van der Waals surface area contributed by atoms with Crippen molar-refractivity contribution in [1.29, 1.82) is 0 Å². The summed E-state index contributed by atoms with van der Waals surface area (Å²) in [6, 6.07) is 0. The summed E-state index contributed by atoms with van der Waals surface area (Å²) >= 11 is 0. The van der Waals surface area contributed by atoms with Crippen molar-refractivity contribution in [2.75, 3.05) is 12.3 Å². The number of nitrogens with one attached hydrogen (secondary N) is 2. The molecule has 4 N–H and O–H groups in total. The van der Waals surface area contributed by atoms with Crippen LogP contribution in [0.5, 0.6) is 0 Å². The summed E-state index contributed by atoms with van der Waals surface area (Å²) in [6.07, 6.45) is 5.55. The highest BCUT2D eigenvalue weighted by Gasteiger charge is 2.14. The van der Waals surface area contributed by atoms with E-state index in [0.29, 0.717) is 13.0 Å². The Bertz CT molecular complexity index is 664. The third-order valence-electron chi connectivity index (χ3n) is 2.81. The average Bonchev–Trinajstić information content (AvgIpc) is 2.81. The smallest absolute Gasteiger partial charge is 0.243 e. The summed E-state index contributed by atoms with van der Waals surface area (Å²) in [5.41, 5.74) is 7.40. The topological polar surface area (TPSA) is 127 Å². The van der Waals surface area contributed by atoms with E-state index in [-0.39, 0.29) is 10.8 Å². The molecule has 0 amide bonds. The molecule has 0 aliphatic heterocycles. The maximum Gasteiger partial charge on any atom is 0.243 e. The molecule has 0 unspecified atom stereocenters. The van der Waals surface area contributed by atoms with E-state index < -0.39 is 10.0 Å². The predicted octanol–water partition coefficient (Wildman–Crippen LogP) is 0.00142. The van der Waals surface area contributed by atoms with Crippen LogP contribution in [0.2, 0.25) is 0 Å². The molecule has 0 saturated heterocycles. The van der Waals surface area contributed by atoms with Gasteiger partial charge in [0.15, 0.2) is 0 Å². The van der Waals surface area contributed by atoms with Gasteiger partial charge in [0.25, 0.3) is 0 Å². The molecule has 0 spiro atoms. The van der Waals surface area contributed by atoms with Crippen LogP contribution in [0.25, 0.3) is 0 Å². The summed E-state index contributed by atoms with van der Waals surface area (Å²) < 4.78 is 26.3. The van der Waals surface area contributed by atoms with E-state index in [0.717, 1.165) is 17.7 Å². The van der Waals surface area contributed by atoms with Gasteiger partial charge in [0.05, 0.1) is 18.6 Å². The van der Waals surface area contributed by atoms with Crippen molar-refractivity contribution in [3.8, 4) is 0 Å². The van der Waals surface area contributed by atoms with Crippen molar-refractivity contribution in [1.82, 2.24) is 24.9 Å². The fraction of sp³-hybridized carbons (Fsp3) is 0.364. The molecule has 2 aromatic heterocycles. The van der Waals surface area contributed by atoms with Crippen molar-refractivity contribution in [3.63, 3.8) is 0 Å². The normalized spacial score (nSPS) is 11.7. The second kappa shape index (κ2) is 5.97. The minimum atomic E-state index is -3.58. The minimum absolute atomic E-state index is 0.00573. The van der Waals surface area contributed by atoms with Gasteiger partial charge >= 0.3 is 0 Å². The Morgan fingerprint density at radius 3 is 2.60 bits per heavy atom. The Hall–Kier alpha value is -2.00. The van der Waals surface area contributed by atoms with E-state index in [1.54, 1.807) is 6.20 Å². The van der Waals surface area contributed by atoms with E-state index in [9.17, 15) is 8.42 Å². The van der Waals surface area contributed by atoms with E-state index in [1.807, 2.05) is 6.92 Å². The largest absolute Gasteiger partial charge is 0.368 e. The van der Waals surface area contributed by atoms with Crippen LogP contribution < -0.4 is 10.5 Å². The zero-order valence-electron chi connectivity index (χ0n) is 11.0. The molecule has 0 atom stereocenters. The molecule has 0 aromatic carbocycles. The molecule has 0 aliphatic carbocycles. The van der Waals surface area contributed by atoms with Gasteiger partial charge in [-0.05, 0) is 25.3 Å². The van der Waals surface area contributed by atoms with Crippen molar-refractivity contribution in [3.05, 3.63) is 29.8 Å². The second-order valence-electron chi connectivity index (χ2n) is 4.30. The van der Waals surface area contributed by atoms with Crippen LogP contribution >= 0.6 is 0 Å². The van der Waals surface area contributed by atoms with Gasteiger partial charge in [0.1, 0.15) is 4.90 Å². The van der Waals surface area contributed by atoms with Crippen molar-refractivity contribution in [2.45, 2.75) is 24.7 Å². The molecule has 2 rings (SSSR count). The summed E-state index contributed by atoms with van der Waals surface area (Å²) in [6.45, 7) is 2.26. The number of aryl methyl sites for hydroxylation is 2. The summed E-state index contributed by atoms with van der Waals surface area (Å²) in [4.78, 5) is 7.33. The van der Waals surface area contributed by atoms with Gasteiger partial charge in [-0.2, -0.15) is 5.10 Å². The van der Waals surface area contributed by atoms with Crippen LogP contribution in [0.4, 0.5) is 5.95 Å². The Balaban J connectivity index is 1.87. The number of aromatic amines is 1. The number of sulfonamides is 1. The molecule has 0 bridgehead atoms. The molecule has 2 aromatic rings. The van der Waals surface area contributed by atoms with Crippen LogP contribution in [0.15, 0.2) is 23.5 Å². The highest BCUT2D eigenvalue weighted by atomic mass is 32.2. The number of nitrogens with zero attached hydrogens (tertiary/aromatic N) is 3. The van der Waals surface area contributed by atoms with Crippen molar-refractivity contribution >= 4 is 16.0 Å². The number of hydrogen-bond acceptors (Lipinski definition) is 6. The quantitative estimate of drug-likeness (QED) is 0.644. The van der Waals surface area contributed by atoms with E-state index in [4.69, 9.17) is 5.73 Å². The minimum Gasteiger partial charge on any atom is -0.368 e. The molecule has 9 heteroatoms. The van der Waals surface area contributed by atoms with Gasteiger partial charge < -0.3 is 5.73 Å². The maximum absolute atomic E-state index is 11.9. The lowest BCUT2D eigenvalue weighted by Crippen LogP contribution is -2.25. The molecular weight excluding hydrogens is 280 g/mol. The van der Waals surface area contributed by atoms with E-state index in [2.05, 4.69) is 24.9 Å². The standard InChI is InChI=1S/C11H16N6O2S/c1-8-9(5-15-17-8)3-2-4-16-20(18,19)10-6-13-11(12)14-7-10/h5-7,16H,2-4H2,1H3,(H,15,17)(H2,12,13,14). The van der Waals surface area contributed by atoms with Gasteiger partial charge in [-0.25, -0.2) is 23.1 Å². The molecule has 0 saturated carbocycles. The average molecular weight is 296 g/mol. The van der Waals surface area contributed by atoms with Crippen molar-refractivity contribution in [2.24, 2.45) is 0 Å². The first-order valence-corrected chi connectivity index (χ1v) is 7.53. The Morgan fingerprint density at radius 1 is 1.30 bits per heavy atom. The van der Waals surface area contributed by atoms with Crippen LogP contribution in [0.3, 0.4) is 0 Å². The Kier molecular flexibility index (Phi) is 4.30. The highest BCUT2D eigenvalue weighted by Crippen LogP contribution is 2.08. The monoisotopic (exact) mass is 296 g/mol. The Morgan fingerprint density at radius 2 is 2.00 bits per heavy atom. The van der Waals surface area contributed by atoms with Gasteiger partial charge in [0.2, 0.25) is 16.0 Å². The third-order valence-corrected chi connectivity index (χ3v) is 4.22. The number of hydrogen-bond donors (Lipinski definition) is 3. The number of aromatic nitrogens is 4. The first kappa shape index (κ1) is 14.4. The Labute approximate surface area is 116 Å². The molecule has 2 heterocycles. The zero-order chi connectivity index (χ0) is 14.6. The van der Waals surface area contributed by atoms with E-state index >= 15 is 0 Å². The van der Waals surface area contributed by atoms with Crippen LogP contribution in [0.1, 0.15) is 17.7 Å². The molecule has 0 fully saturated rings. The lowest BCUT2D eigenvalue weighted by molar-refractivity contribution is 0.578. The summed E-state index contributed by atoms with van der Waals surface area (Å²) in [5.74, 6) is 0.0411. The van der Waals surface area contributed by atoms with Crippen LogP contribution in [0, 0.1) is 6.92 Å².